The van der Waals surface area contributed by atoms with Gasteiger partial charge in [-0.3, -0.25) is 5.43 Å². The first-order chi connectivity index (χ1) is 10.7. The Bertz CT molecular complexity index is 674. The van der Waals surface area contributed by atoms with Gasteiger partial charge >= 0.3 is 0 Å². The van der Waals surface area contributed by atoms with Crippen LogP contribution in [0.3, 0.4) is 0 Å². The summed E-state index contributed by atoms with van der Waals surface area (Å²) in [5, 5.41) is 14.6. The number of hydrogen-bond donors (Lipinski definition) is 2. The van der Waals surface area contributed by atoms with Crippen LogP contribution in [0.2, 0.25) is 5.02 Å². The van der Waals surface area contributed by atoms with Gasteiger partial charge in [-0.15, -0.1) is 0 Å². The Kier molecular flexibility index (Phi) is 5.49. The summed E-state index contributed by atoms with van der Waals surface area (Å²) in [5.41, 5.74) is 4.11. The van der Waals surface area contributed by atoms with E-state index < -0.39 is 0 Å². The molecule has 0 amide bonds. The first kappa shape index (κ1) is 16.0. The van der Waals surface area contributed by atoms with Gasteiger partial charge in [-0.1, -0.05) is 17.7 Å². The molecule has 0 aliphatic heterocycles. The van der Waals surface area contributed by atoms with Crippen molar-refractivity contribution in [3.8, 4) is 17.2 Å². The zero-order chi connectivity index (χ0) is 15.9. The Labute approximate surface area is 134 Å². The predicted molar refractivity (Wildman–Crippen MR) is 88.5 cm³/mol. The van der Waals surface area contributed by atoms with Crippen LogP contribution in [0, 0.1) is 0 Å². The standard InChI is InChI=1S/C16H17ClN2O3/c1-3-22-15-6-4-5-11(16(15)20)10-18-19-12-7-8-14(21-2)13(17)9-12/h4-10,19-20H,3H2,1-2H3/b18-10+. The van der Waals surface area contributed by atoms with Crippen LogP contribution in [0.15, 0.2) is 41.5 Å². The number of nitrogens with zero attached hydrogens (tertiary/aromatic N) is 1. The minimum absolute atomic E-state index is 0.0580. The molecule has 0 spiro atoms. The van der Waals surface area contributed by atoms with Gasteiger partial charge in [0.25, 0.3) is 0 Å². The molecule has 0 radical (unpaired) electrons. The third-order valence-corrected chi connectivity index (χ3v) is 3.17. The maximum atomic E-state index is 10.0. The van der Waals surface area contributed by atoms with Crippen LogP contribution in [0.5, 0.6) is 17.2 Å². The fourth-order valence-electron chi connectivity index (χ4n) is 1.83. The number of phenolic OH excluding ortho intramolecular Hbond substituents is 1. The minimum atomic E-state index is 0.0580. The second-order valence-corrected chi connectivity index (χ2v) is 4.75. The van der Waals surface area contributed by atoms with Gasteiger partial charge in [-0.2, -0.15) is 5.10 Å². The lowest BCUT2D eigenvalue weighted by atomic mass is 10.2. The molecule has 2 aromatic carbocycles. The highest BCUT2D eigenvalue weighted by Crippen LogP contribution is 2.29. The molecule has 0 saturated heterocycles. The number of anilines is 1. The van der Waals surface area contributed by atoms with Crippen molar-refractivity contribution in [3.63, 3.8) is 0 Å². The van der Waals surface area contributed by atoms with Crippen LogP contribution in [0.4, 0.5) is 5.69 Å². The topological polar surface area (TPSA) is 63.1 Å². The summed E-state index contributed by atoms with van der Waals surface area (Å²) in [6, 6.07) is 10.5. The number of benzene rings is 2. The average molecular weight is 321 g/mol. The SMILES string of the molecule is CCOc1cccc(/C=N/Nc2ccc(OC)c(Cl)c2)c1O. The number of phenols is 1. The zero-order valence-electron chi connectivity index (χ0n) is 12.3. The van der Waals surface area contributed by atoms with Crippen molar-refractivity contribution in [3.05, 3.63) is 47.0 Å². The van der Waals surface area contributed by atoms with E-state index >= 15 is 0 Å². The number of halogens is 1. The summed E-state index contributed by atoms with van der Waals surface area (Å²) in [4.78, 5) is 0. The molecule has 0 heterocycles. The number of hydrogen-bond acceptors (Lipinski definition) is 5. The summed E-state index contributed by atoms with van der Waals surface area (Å²) in [5.74, 6) is 1.08. The van der Waals surface area contributed by atoms with Crippen molar-refractivity contribution in [1.82, 2.24) is 0 Å². The van der Waals surface area contributed by atoms with Gasteiger partial charge in [0.1, 0.15) is 5.75 Å². The van der Waals surface area contributed by atoms with E-state index in [0.29, 0.717) is 34.4 Å². The van der Waals surface area contributed by atoms with Gasteiger partial charge in [0.05, 0.1) is 30.6 Å². The highest BCUT2D eigenvalue weighted by atomic mass is 35.5. The Morgan fingerprint density at radius 1 is 1.27 bits per heavy atom. The largest absolute Gasteiger partial charge is 0.504 e. The number of hydrazone groups is 1. The molecule has 2 rings (SSSR count). The highest BCUT2D eigenvalue weighted by Gasteiger charge is 2.05. The van der Waals surface area contributed by atoms with Crippen molar-refractivity contribution in [2.45, 2.75) is 6.92 Å². The third kappa shape index (κ3) is 3.83. The minimum Gasteiger partial charge on any atom is -0.504 e. The monoisotopic (exact) mass is 320 g/mol. The Balaban J connectivity index is 2.09. The molecule has 0 aromatic heterocycles. The molecule has 0 atom stereocenters. The first-order valence-corrected chi connectivity index (χ1v) is 7.11. The van der Waals surface area contributed by atoms with E-state index in [1.165, 1.54) is 6.21 Å². The fraction of sp³-hybridized carbons (Fsp3) is 0.188. The summed E-state index contributed by atoms with van der Waals surface area (Å²) in [6.07, 6.45) is 1.51. The molecule has 6 heteroatoms. The van der Waals surface area contributed by atoms with Gasteiger partial charge in [0.15, 0.2) is 11.5 Å². The van der Waals surface area contributed by atoms with E-state index in [4.69, 9.17) is 21.1 Å². The Morgan fingerprint density at radius 2 is 2.09 bits per heavy atom. The van der Waals surface area contributed by atoms with Gasteiger partial charge in [0.2, 0.25) is 0 Å². The maximum absolute atomic E-state index is 10.0. The molecule has 22 heavy (non-hydrogen) atoms. The Morgan fingerprint density at radius 3 is 2.77 bits per heavy atom. The quantitative estimate of drug-likeness (QED) is 0.626. The second-order valence-electron chi connectivity index (χ2n) is 4.35. The molecular formula is C16H17ClN2O3. The fourth-order valence-corrected chi connectivity index (χ4v) is 2.09. The molecule has 0 aliphatic rings. The van der Waals surface area contributed by atoms with Crippen LogP contribution in [0.25, 0.3) is 0 Å². The van der Waals surface area contributed by atoms with Gasteiger partial charge < -0.3 is 14.6 Å². The van der Waals surface area contributed by atoms with E-state index in [0.717, 1.165) is 0 Å². The first-order valence-electron chi connectivity index (χ1n) is 6.73. The molecule has 2 N–H and O–H groups in total. The summed E-state index contributed by atoms with van der Waals surface area (Å²) >= 11 is 6.03. The van der Waals surface area contributed by atoms with Gasteiger partial charge in [0, 0.05) is 5.56 Å². The lowest BCUT2D eigenvalue weighted by Crippen LogP contribution is -1.95. The van der Waals surface area contributed by atoms with Gasteiger partial charge in [-0.05, 0) is 37.3 Å². The predicted octanol–water partition coefficient (Wildman–Crippen LogP) is 3.90. The van der Waals surface area contributed by atoms with Crippen LogP contribution < -0.4 is 14.9 Å². The number of nitrogens with one attached hydrogen (secondary N) is 1. The summed E-state index contributed by atoms with van der Waals surface area (Å²) in [6.45, 7) is 2.34. The third-order valence-electron chi connectivity index (χ3n) is 2.88. The molecule has 2 aromatic rings. The number of methoxy groups -OCH3 is 1. The normalized spacial score (nSPS) is 10.7. The van der Waals surface area contributed by atoms with Crippen LogP contribution in [0.1, 0.15) is 12.5 Å². The van der Waals surface area contributed by atoms with Gasteiger partial charge in [-0.25, -0.2) is 0 Å². The number of ether oxygens (including phenoxy) is 2. The molecule has 0 unspecified atom stereocenters. The van der Waals surface area contributed by atoms with Crippen LogP contribution in [-0.2, 0) is 0 Å². The Hall–Kier alpha value is -2.40. The van der Waals surface area contributed by atoms with Crippen LogP contribution in [-0.4, -0.2) is 25.0 Å². The number of para-hydroxylation sites is 1. The van der Waals surface area contributed by atoms with E-state index in [1.807, 2.05) is 6.92 Å². The summed E-state index contributed by atoms with van der Waals surface area (Å²) < 4.78 is 10.4. The zero-order valence-corrected chi connectivity index (χ0v) is 13.1. The number of rotatable bonds is 6. The van der Waals surface area contributed by atoms with E-state index in [1.54, 1.807) is 43.5 Å². The molecule has 0 saturated carbocycles. The van der Waals surface area contributed by atoms with Crippen molar-refractivity contribution < 1.29 is 14.6 Å². The maximum Gasteiger partial charge on any atom is 0.166 e. The second kappa shape index (κ2) is 7.56. The van der Waals surface area contributed by atoms with E-state index in [-0.39, 0.29) is 5.75 Å². The molecule has 0 bridgehead atoms. The van der Waals surface area contributed by atoms with Crippen molar-refractivity contribution in [1.29, 1.82) is 0 Å². The van der Waals surface area contributed by atoms with Crippen molar-refractivity contribution in [2.24, 2.45) is 5.10 Å². The molecule has 116 valence electrons. The lowest BCUT2D eigenvalue weighted by molar-refractivity contribution is 0.318. The average Bonchev–Trinajstić information content (AvgIpc) is 2.51. The summed E-state index contributed by atoms with van der Waals surface area (Å²) in [7, 11) is 1.56. The van der Waals surface area contributed by atoms with Crippen molar-refractivity contribution in [2.75, 3.05) is 19.1 Å². The lowest BCUT2D eigenvalue weighted by Gasteiger charge is -2.07. The van der Waals surface area contributed by atoms with E-state index in [9.17, 15) is 5.11 Å². The van der Waals surface area contributed by atoms with Crippen molar-refractivity contribution >= 4 is 23.5 Å². The molecule has 0 aliphatic carbocycles. The number of aromatic hydroxyl groups is 1. The molecular weight excluding hydrogens is 304 g/mol. The van der Waals surface area contributed by atoms with E-state index in [2.05, 4.69) is 10.5 Å². The highest BCUT2D eigenvalue weighted by molar-refractivity contribution is 6.32. The molecule has 5 nitrogen and oxygen atoms in total. The smallest absolute Gasteiger partial charge is 0.166 e. The van der Waals surface area contributed by atoms with Crippen LogP contribution >= 0.6 is 11.6 Å². The molecule has 0 fully saturated rings.